The molecule has 2 fully saturated rings. The van der Waals surface area contributed by atoms with Crippen LogP contribution in [0.1, 0.15) is 0 Å². The number of carbonyl (C=O) groups is 2. The molecule has 2 amide bonds. The third-order valence-electron chi connectivity index (χ3n) is 3.14. The molecular formula is C10H14F3N3O3. The summed E-state index contributed by atoms with van der Waals surface area (Å²) in [7, 11) is 0. The average molecular weight is 281 g/mol. The summed E-state index contributed by atoms with van der Waals surface area (Å²) in [5, 5.41) is 11.0. The lowest BCUT2D eigenvalue weighted by Crippen LogP contribution is -2.59. The third-order valence-corrected chi connectivity index (χ3v) is 3.14. The summed E-state index contributed by atoms with van der Waals surface area (Å²) in [4.78, 5) is 24.3. The van der Waals surface area contributed by atoms with Crippen LogP contribution in [0.2, 0.25) is 0 Å². The maximum absolute atomic E-state index is 13.5. The maximum atomic E-state index is 13.5. The number of carboxylic acid groups (broad SMARTS) is 1. The molecule has 2 aliphatic heterocycles. The fourth-order valence-corrected chi connectivity index (χ4v) is 2.23. The minimum Gasteiger partial charge on any atom is -0.465 e. The first-order chi connectivity index (χ1) is 8.77. The van der Waals surface area contributed by atoms with E-state index in [4.69, 9.17) is 5.11 Å². The molecule has 0 aromatic rings. The van der Waals surface area contributed by atoms with Crippen LogP contribution in [0.15, 0.2) is 0 Å². The van der Waals surface area contributed by atoms with E-state index in [0.29, 0.717) is 0 Å². The molecule has 2 rings (SSSR count). The Bertz CT molecular complexity index is 385. The topological polar surface area (TPSA) is 72.9 Å². The summed E-state index contributed by atoms with van der Waals surface area (Å²) in [6.07, 6.45) is -2.72. The molecule has 9 heteroatoms. The van der Waals surface area contributed by atoms with Gasteiger partial charge in [0.05, 0.1) is 32.2 Å². The Morgan fingerprint density at radius 3 is 2.42 bits per heavy atom. The van der Waals surface area contributed by atoms with Crippen molar-refractivity contribution in [2.75, 3.05) is 32.7 Å². The number of nitrogens with one attached hydrogen (secondary N) is 1. The molecule has 108 valence electrons. The molecule has 6 nitrogen and oxygen atoms in total. The van der Waals surface area contributed by atoms with E-state index in [1.54, 1.807) is 0 Å². The highest BCUT2D eigenvalue weighted by Gasteiger charge is 2.44. The Balaban J connectivity index is 1.75. The molecule has 19 heavy (non-hydrogen) atoms. The molecule has 2 aliphatic rings. The van der Waals surface area contributed by atoms with Gasteiger partial charge in [-0.25, -0.2) is 18.0 Å². The molecule has 0 aromatic heterocycles. The second kappa shape index (κ2) is 4.87. The standard InChI is InChI=1S/C10H14F3N3O3/c11-6-1-16(9(18)19)2-7(6)14-8(17)3-15-4-10(12,13)5-15/h6-7H,1-5H2,(H,14,17)(H,18,19). The Kier molecular flexibility index (Phi) is 3.57. The second-order valence-corrected chi connectivity index (χ2v) is 4.88. The first-order valence-corrected chi connectivity index (χ1v) is 5.78. The van der Waals surface area contributed by atoms with Gasteiger partial charge in [-0.2, -0.15) is 0 Å². The summed E-state index contributed by atoms with van der Waals surface area (Å²) in [6.45, 7) is -1.61. The van der Waals surface area contributed by atoms with Crippen LogP contribution in [0.5, 0.6) is 0 Å². The zero-order valence-electron chi connectivity index (χ0n) is 9.98. The summed E-state index contributed by atoms with van der Waals surface area (Å²) in [5.41, 5.74) is 0. The van der Waals surface area contributed by atoms with Gasteiger partial charge in [-0.1, -0.05) is 0 Å². The van der Waals surface area contributed by atoms with Gasteiger partial charge in [0.15, 0.2) is 0 Å². The van der Waals surface area contributed by atoms with Crippen molar-refractivity contribution in [3.63, 3.8) is 0 Å². The van der Waals surface area contributed by atoms with E-state index in [1.807, 2.05) is 0 Å². The molecule has 0 spiro atoms. The molecule has 2 saturated heterocycles. The van der Waals surface area contributed by atoms with Crippen molar-refractivity contribution in [1.29, 1.82) is 0 Å². The molecule has 2 N–H and O–H groups in total. The minimum atomic E-state index is -2.75. The van der Waals surface area contributed by atoms with E-state index >= 15 is 0 Å². The van der Waals surface area contributed by atoms with Crippen LogP contribution in [0.3, 0.4) is 0 Å². The highest BCUT2D eigenvalue weighted by atomic mass is 19.3. The molecule has 0 aromatic carbocycles. The molecule has 2 unspecified atom stereocenters. The predicted octanol–water partition coefficient (Wildman–Crippen LogP) is -0.246. The number of halogens is 3. The van der Waals surface area contributed by atoms with Gasteiger partial charge in [-0.3, -0.25) is 9.69 Å². The van der Waals surface area contributed by atoms with Crippen molar-refractivity contribution in [3.8, 4) is 0 Å². The van der Waals surface area contributed by atoms with E-state index in [-0.39, 0.29) is 19.6 Å². The van der Waals surface area contributed by atoms with Crippen LogP contribution >= 0.6 is 0 Å². The van der Waals surface area contributed by atoms with E-state index in [1.165, 1.54) is 4.90 Å². The lowest BCUT2D eigenvalue weighted by Gasteiger charge is -2.38. The molecule has 0 saturated carbocycles. The summed E-state index contributed by atoms with van der Waals surface area (Å²) >= 11 is 0. The van der Waals surface area contributed by atoms with E-state index < -0.39 is 43.2 Å². The summed E-state index contributed by atoms with van der Waals surface area (Å²) < 4.78 is 38.5. The Morgan fingerprint density at radius 2 is 1.95 bits per heavy atom. The SMILES string of the molecule is O=C(CN1CC(F)(F)C1)NC1CN(C(=O)O)CC1F. The lowest BCUT2D eigenvalue weighted by molar-refractivity contribution is -0.144. The maximum Gasteiger partial charge on any atom is 0.407 e. The van der Waals surface area contributed by atoms with Crippen LogP contribution in [0, 0.1) is 0 Å². The smallest absolute Gasteiger partial charge is 0.407 e. The highest BCUT2D eigenvalue weighted by molar-refractivity contribution is 5.78. The van der Waals surface area contributed by atoms with Crippen LogP contribution < -0.4 is 5.32 Å². The summed E-state index contributed by atoms with van der Waals surface area (Å²) in [6, 6.07) is -0.912. The van der Waals surface area contributed by atoms with Gasteiger partial charge in [0.1, 0.15) is 6.17 Å². The Hall–Kier alpha value is -1.51. The van der Waals surface area contributed by atoms with E-state index in [2.05, 4.69) is 5.32 Å². The van der Waals surface area contributed by atoms with Crippen LogP contribution in [-0.2, 0) is 4.79 Å². The quantitative estimate of drug-likeness (QED) is 0.748. The number of hydrogen-bond acceptors (Lipinski definition) is 3. The second-order valence-electron chi connectivity index (χ2n) is 4.88. The first-order valence-electron chi connectivity index (χ1n) is 5.78. The number of carbonyl (C=O) groups excluding carboxylic acids is 1. The van der Waals surface area contributed by atoms with Gasteiger partial charge in [-0.05, 0) is 0 Å². The number of hydrogen-bond donors (Lipinski definition) is 2. The molecule has 2 atom stereocenters. The van der Waals surface area contributed by atoms with Crippen molar-refractivity contribution < 1.29 is 27.9 Å². The zero-order chi connectivity index (χ0) is 14.2. The molecule has 0 bridgehead atoms. The van der Waals surface area contributed by atoms with Gasteiger partial charge in [0.2, 0.25) is 5.91 Å². The van der Waals surface area contributed by atoms with Crippen molar-refractivity contribution in [3.05, 3.63) is 0 Å². The third kappa shape index (κ3) is 3.28. The number of rotatable bonds is 3. The first kappa shape index (κ1) is 13.9. The fourth-order valence-electron chi connectivity index (χ4n) is 2.23. The monoisotopic (exact) mass is 281 g/mol. The van der Waals surface area contributed by atoms with Crippen molar-refractivity contribution in [2.24, 2.45) is 0 Å². The normalized spacial score (nSPS) is 29.9. The van der Waals surface area contributed by atoms with Crippen molar-refractivity contribution >= 4 is 12.0 Å². The molecular weight excluding hydrogens is 267 g/mol. The molecule has 0 radical (unpaired) electrons. The largest absolute Gasteiger partial charge is 0.465 e. The molecule has 2 heterocycles. The average Bonchev–Trinajstić information content (AvgIpc) is 2.57. The Morgan fingerprint density at radius 1 is 1.32 bits per heavy atom. The van der Waals surface area contributed by atoms with Crippen LogP contribution in [0.4, 0.5) is 18.0 Å². The summed E-state index contributed by atoms with van der Waals surface area (Å²) in [5.74, 6) is -3.33. The van der Waals surface area contributed by atoms with E-state index in [0.717, 1.165) is 4.90 Å². The van der Waals surface area contributed by atoms with Gasteiger partial charge in [0.25, 0.3) is 5.92 Å². The van der Waals surface area contributed by atoms with E-state index in [9.17, 15) is 22.8 Å². The van der Waals surface area contributed by atoms with Crippen LogP contribution in [0.25, 0.3) is 0 Å². The van der Waals surface area contributed by atoms with Crippen LogP contribution in [-0.4, -0.2) is 77.8 Å². The number of nitrogens with zero attached hydrogens (tertiary/aromatic N) is 2. The predicted molar refractivity (Wildman–Crippen MR) is 57.8 cm³/mol. The fraction of sp³-hybridized carbons (Fsp3) is 0.800. The number of amides is 2. The van der Waals surface area contributed by atoms with Crippen molar-refractivity contribution in [1.82, 2.24) is 15.1 Å². The zero-order valence-corrected chi connectivity index (χ0v) is 9.98. The number of likely N-dealkylation sites (tertiary alicyclic amines) is 2. The minimum absolute atomic E-state index is 0.127. The van der Waals surface area contributed by atoms with Gasteiger partial charge in [-0.15, -0.1) is 0 Å². The van der Waals surface area contributed by atoms with Crippen molar-refractivity contribution in [2.45, 2.75) is 18.1 Å². The molecule has 0 aliphatic carbocycles. The number of alkyl halides is 3. The Labute approximate surface area is 107 Å². The highest BCUT2D eigenvalue weighted by Crippen LogP contribution is 2.25. The van der Waals surface area contributed by atoms with Gasteiger partial charge < -0.3 is 15.3 Å². The lowest BCUT2D eigenvalue weighted by atomic mass is 10.1. The van der Waals surface area contributed by atoms with Gasteiger partial charge in [0, 0.05) is 6.54 Å². The van der Waals surface area contributed by atoms with Gasteiger partial charge >= 0.3 is 6.09 Å².